The molecule has 0 radical (unpaired) electrons. The lowest BCUT2D eigenvalue weighted by atomic mass is 9.93. The molecule has 1 aliphatic carbocycles. The topological polar surface area (TPSA) is 75.7 Å². The van der Waals surface area contributed by atoms with Gasteiger partial charge in [-0.15, -0.1) is 0 Å². The average Bonchev–Trinajstić information content (AvgIpc) is 3.21. The third-order valence-electron chi connectivity index (χ3n) is 6.34. The molecule has 2 fully saturated rings. The molecule has 2 aliphatic heterocycles. The highest BCUT2D eigenvalue weighted by Crippen LogP contribution is 2.28. The molecular weight excluding hydrogens is 338 g/mol. The summed E-state index contributed by atoms with van der Waals surface area (Å²) in [4.78, 5) is 5.06. The summed E-state index contributed by atoms with van der Waals surface area (Å²) in [6.45, 7) is 3.75. The minimum absolute atomic E-state index is 0.299. The van der Waals surface area contributed by atoms with E-state index < -0.39 is 0 Å². The molecule has 1 aromatic rings. The number of likely N-dealkylation sites (N-methyl/N-ethyl adjacent to an activating group) is 1. The molecule has 1 unspecified atom stereocenters. The largest absolute Gasteiger partial charge is 0.375 e. The molecule has 6 heteroatoms. The van der Waals surface area contributed by atoms with Gasteiger partial charge in [-0.05, 0) is 31.2 Å². The molecule has 2 atom stereocenters. The summed E-state index contributed by atoms with van der Waals surface area (Å²) >= 11 is 0. The van der Waals surface area contributed by atoms with Gasteiger partial charge in [0.2, 0.25) is 11.6 Å². The Morgan fingerprint density at radius 3 is 2.74 bits per heavy atom. The first kappa shape index (κ1) is 18.5. The Morgan fingerprint density at radius 1 is 1.15 bits per heavy atom. The van der Waals surface area contributed by atoms with Crippen molar-refractivity contribution < 1.29 is 14.6 Å². The fourth-order valence-electron chi connectivity index (χ4n) is 4.77. The second-order valence-corrected chi connectivity index (χ2v) is 8.45. The molecule has 1 saturated carbocycles. The number of anilines is 2. The number of hydrogen-bond acceptors (Lipinski definition) is 4. The molecule has 4 rings (SSSR count). The summed E-state index contributed by atoms with van der Waals surface area (Å²) in [5.74, 6) is 1.99. The van der Waals surface area contributed by atoms with Crippen molar-refractivity contribution in [1.82, 2.24) is 0 Å². The van der Waals surface area contributed by atoms with Crippen LogP contribution in [0.1, 0.15) is 61.6 Å². The fraction of sp³-hybridized carbons (Fsp3) is 0.714. The van der Waals surface area contributed by atoms with Gasteiger partial charge in [0.25, 0.3) is 0 Å². The minimum atomic E-state index is 0.299. The number of aromatic nitrogens is 1. The van der Waals surface area contributed by atoms with E-state index in [-0.39, 0.29) is 0 Å². The second-order valence-electron chi connectivity index (χ2n) is 8.45. The molecular formula is C21H33N5O+2. The zero-order valence-corrected chi connectivity index (χ0v) is 16.5. The van der Waals surface area contributed by atoms with E-state index in [1.165, 1.54) is 48.1 Å². The standard InChI is InChI=1S/C21H31N5O/c1-26-10-9-17-18(12-22)21(24-15-6-3-2-4-7-15)25-20(19(17)14-26)23-13-16-8-5-11-27-16/h15-16H,2-11,13-14H2,1H3,(H2,23,24,25)/p+2/t16-/m0/s1. The van der Waals surface area contributed by atoms with Crippen molar-refractivity contribution >= 4 is 11.6 Å². The number of H-pyrrole nitrogens is 1. The van der Waals surface area contributed by atoms with Gasteiger partial charge in [-0.3, -0.25) is 0 Å². The molecule has 1 saturated heterocycles. The van der Waals surface area contributed by atoms with Crippen LogP contribution >= 0.6 is 0 Å². The number of nitrogens with zero attached hydrogens (tertiary/aromatic N) is 1. The van der Waals surface area contributed by atoms with E-state index in [0.717, 1.165) is 62.7 Å². The van der Waals surface area contributed by atoms with Crippen LogP contribution in [0.15, 0.2) is 0 Å². The van der Waals surface area contributed by atoms with Gasteiger partial charge in [0, 0.05) is 13.0 Å². The fourth-order valence-corrected chi connectivity index (χ4v) is 4.77. The highest BCUT2D eigenvalue weighted by molar-refractivity contribution is 5.61. The third-order valence-corrected chi connectivity index (χ3v) is 6.34. The SMILES string of the molecule is C[NH+]1CCc2c(C#N)c(NC3CCCCC3)[nH+]c(NC[C@@H]3CCCO3)c2C1. The van der Waals surface area contributed by atoms with Gasteiger partial charge in [-0.1, -0.05) is 19.3 Å². The molecule has 27 heavy (non-hydrogen) atoms. The van der Waals surface area contributed by atoms with Gasteiger partial charge in [-0.2, -0.15) is 5.26 Å². The summed E-state index contributed by atoms with van der Waals surface area (Å²) in [5.41, 5.74) is 3.34. The quantitative estimate of drug-likeness (QED) is 0.729. The maximum Gasteiger partial charge on any atom is 0.237 e. The van der Waals surface area contributed by atoms with Gasteiger partial charge < -0.3 is 20.3 Å². The van der Waals surface area contributed by atoms with E-state index in [1.54, 1.807) is 0 Å². The zero-order chi connectivity index (χ0) is 18.6. The first-order valence-electron chi connectivity index (χ1n) is 10.7. The summed E-state index contributed by atoms with van der Waals surface area (Å²) in [6, 6.07) is 2.97. The van der Waals surface area contributed by atoms with E-state index in [0.29, 0.717) is 12.1 Å². The molecule has 146 valence electrons. The molecule has 0 amide bonds. The van der Waals surface area contributed by atoms with Gasteiger partial charge in [-0.25, -0.2) is 4.98 Å². The van der Waals surface area contributed by atoms with E-state index in [9.17, 15) is 5.26 Å². The summed E-state index contributed by atoms with van der Waals surface area (Å²) in [6.07, 6.45) is 9.84. The molecule has 6 nitrogen and oxygen atoms in total. The number of pyridine rings is 1. The van der Waals surface area contributed by atoms with E-state index in [4.69, 9.17) is 4.74 Å². The predicted octanol–water partition coefficient (Wildman–Crippen LogP) is 1.28. The Hall–Kier alpha value is -1.84. The lowest BCUT2D eigenvalue weighted by Gasteiger charge is -2.26. The molecule has 1 aromatic heterocycles. The van der Waals surface area contributed by atoms with Crippen LogP contribution in [0.5, 0.6) is 0 Å². The van der Waals surface area contributed by atoms with Crippen LogP contribution < -0.4 is 20.5 Å². The smallest absolute Gasteiger partial charge is 0.237 e. The normalized spacial score (nSPS) is 25.6. The second kappa shape index (κ2) is 8.45. The van der Waals surface area contributed by atoms with Gasteiger partial charge in [0.15, 0.2) is 0 Å². The van der Waals surface area contributed by atoms with Crippen LogP contribution in [0, 0.1) is 11.3 Å². The Bertz CT molecular complexity index is 702. The first-order chi connectivity index (χ1) is 13.2. The highest BCUT2D eigenvalue weighted by atomic mass is 16.5. The summed E-state index contributed by atoms with van der Waals surface area (Å²) < 4.78 is 5.79. The Kier molecular flexibility index (Phi) is 5.80. The number of nitriles is 1. The average molecular weight is 372 g/mol. The monoisotopic (exact) mass is 371 g/mol. The van der Waals surface area contributed by atoms with Crippen molar-refractivity contribution in [2.24, 2.45) is 0 Å². The number of aromatic amines is 1. The third kappa shape index (κ3) is 4.20. The van der Waals surface area contributed by atoms with E-state index in [1.807, 2.05) is 0 Å². The van der Waals surface area contributed by atoms with Crippen molar-refractivity contribution in [2.45, 2.75) is 70.1 Å². The highest BCUT2D eigenvalue weighted by Gasteiger charge is 2.31. The van der Waals surface area contributed by atoms with Crippen LogP contribution in [0.25, 0.3) is 0 Å². The molecule has 4 N–H and O–H groups in total. The maximum absolute atomic E-state index is 9.91. The van der Waals surface area contributed by atoms with E-state index >= 15 is 0 Å². The van der Waals surface area contributed by atoms with Crippen molar-refractivity contribution in [3.63, 3.8) is 0 Å². The van der Waals surface area contributed by atoms with Crippen molar-refractivity contribution in [3.05, 3.63) is 16.7 Å². The number of fused-ring (bicyclic) bond motifs is 1. The zero-order valence-electron chi connectivity index (χ0n) is 16.5. The Morgan fingerprint density at radius 2 is 2.00 bits per heavy atom. The molecule has 3 aliphatic rings. The molecule has 0 aromatic carbocycles. The van der Waals surface area contributed by atoms with Gasteiger partial charge in [0.1, 0.15) is 18.2 Å². The first-order valence-corrected chi connectivity index (χ1v) is 10.7. The van der Waals surface area contributed by atoms with Crippen molar-refractivity contribution in [3.8, 4) is 6.07 Å². The van der Waals surface area contributed by atoms with Crippen molar-refractivity contribution in [2.75, 3.05) is 37.4 Å². The number of rotatable bonds is 5. The number of nitrogens with one attached hydrogen (secondary N) is 4. The van der Waals surface area contributed by atoms with Crippen LogP contribution in [0.3, 0.4) is 0 Å². The lowest BCUT2D eigenvalue weighted by Crippen LogP contribution is -3.08. The van der Waals surface area contributed by atoms with Crippen LogP contribution in [0.4, 0.5) is 11.6 Å². The number of ether oxygens (including phenoxy) is 1. The van der Waals surface area contributed by atoms with Crippen LogP contribution in [0.2, 0.25) is 0 Å². The lowest BCUT2D eigenvalue weighted by molar-refractivity contribution is -0.895. The molecule has 3 heterocycles. The van der Waals surface area contributed by atoms with Crippen LogP contribution in [-0.4, -0.2) is 38.9 Å². The summed E-state index contributed by atoms with van der Waals surface area (Å²) in [5, 5.41) is 17.2. The molecule has 0 spiro atoms. The predicted molar refractivity (Wildman–Crippen MR) is 105 cm³/mol. The van der Waals surface area contributed by atoms with Crippen molar-refractivity contribution in [1.29, 1.82) is 5.26 Å². The van der Waals surface area contributed by atoms with E-state index in [2.05, 4.69) is 28.7 Å². The summed E-state index contributed by atoms with van der Waals surface area (Å²) in [7, 11) is 2.23. The maximum atomic E-state index is 9.91. The number of quaternary nitrogens is 1. The Balaban J connectivity index is 1.62. The minimum Gasteiger partial charge on any atom is -0.375 e. The van der Waals surface area contributed by atoms with Gasteiger partial charge >= 0.3 is 0 Å². The van der Waals surface area contributed by atoms with Gasteiger partial charge in [0.05, 0.1) is 37.8 Å². The number of hydrogen-bond donors (Lipinski definition) is 3. The molecule has 0 bridgehead atoms. The Labute approximate surface area is 162 Å². The van der Waals surface area contributed by atoms with Crippen LogP contribution in [-0.2, 0) is 17.7 Å².